The van der Waals surface area contributed by atoms with Gasteiger partial charge < -0.3 is 19.0 Å². The maximum Gasteiger partial charge on any atom is 0.254 e. The summed E-state index contributed by atoms with van der Waals surface area (Å²) >= 11 is 0. The highest BCUT2D eigenvalue weighted by Crippen LogP contribution is 2.29. The average molecular weight is 302 g/mol. The number of ether oxygens (including phenoxy) is 1. The van der Waals surface area contributed by atoms with Crippen LogP contribution in [0.15, 0.2) is 28.9 Å². The Morgan fingerprint density at radius 3 is 2.68 bits per heavy atom. The van der Waals surface area contributed by atoms with Gasteiger partial charge in [0.25, 0.3) is 5.91 Å². The van der Waals surface area contributed by atoms with Crippen molar-refractivity contribution in [3.05, 3.63) is 30.0 Å². The summed E-state index contributed by atoms with van der Waals surface area (Å²) in [5.74, 6) is 0.763. The molecule has 5 nitrogen and oxygen atoms in total. The Hall–Kier alpha value is -2.01. The molecule has 22 heavy (non-hydrogen) atoms. The van der Waals surface area contributed by atoms with Crippen LogP contribution in [0.3, 0.4) is 0 Å². The SMILES string of the molecule is CCOc1cc(C(=O)N2CCN(CC)CC2)cc2occc12. The number of fused-ring (bicyclic) bond motifs is 1. The molecule has 0 aliphatic carbocycles. The normalized spacial score (nSPS) is 16.2. The number of amides is 1. The molecule has 0 N–H and O–H groups in total. The predicted molar refractivity (Wildman–Crippen MR) is 85.4 cm³/mol. The van der Waals surface area contributed by atoms with E-state index < -0.39 is 0 Å². The molecule has 3 rings (SSSR count). The van der Waals surface area contributed by atoms with Crippen LogP contribution in [0.25, 0.3) is 11.0 Å². The van der Waals surface area contributed by atoms with Gasteiger partial charge >= 0.3 is 0 Å². The van der Waals surface area contributed by atoms with Crippen molar-refractivity contribution in [3.63, 3.8) is 0 Å². The number of carbonyl (C=O) groups excluding carboxylic acids is 1. The Labute approximate surface area is 130 Å². The number of furan rings is 1. The van der Waals surface area contributed by atoms with Crippen LogP contribution in [0.4, 0.5) is 0 Å². The molecule has 2 heterocycles. The lowest BCUT2D eigenvalue weighted by Crippen LogP contribution is -2.48. The highest BCUT2D eigenvalue weighted by Gasteiger charge is 2.22. The van der Waals surface area contributed by atoms with Crippen LogP contribution < -0.4 is 4.74 Å². The van der Waals surface area contributed by atoms with Crippen LogP contribution in [-0.4, -0.2) is 55.0 Å². The Balaban J connectivity index is 1.84. The summed E-state index contributed by atoms with van der Waals surface area (Å²) in [7, 11) is 0. The molecule has 1 amide bonds. The second-order valence-corrected chi connectivity index (χ2v) is 5.47. The molecule has 0 atom stereocenters. The summed E-state index contributed by atoms with van der Waals surface area (Å²) in [5, 5.41) is 0.911. The number of hydrogen-bond donors (Lipinski definition) is 0. The van der Waals surface area contributed by atoms with Gasteiger partial charge in [0.05, 0.1) is 18.3 Å². The molecule has 1 aromatic heterocycles. The molecule has 2 aromatic rings. The summed E-state index contributed by atoms with van der Waals surface area (Å²) in [6, 6.07) is 5.51. The van der Waals surface area contributed by atoms with E-state index in [9.17, 15) is 4.79 Å². The highest BCUT2D eigenvalue weighted by molar-refractivity contribution is 5.99. The fraction of sp³-hybridized carbons (Fsp3) is 0.471. The lowest BCUT2D eigenvalue weighted by molar-refractivity contribution is 0.0643. The van der Waals surface area contributed by atoms with Crippen LogP contribution in [0.1, 0.15) is 24.2 Å². The highest BCUT2D eigenvalue weighted by atomic mass is 16.5. The monoisotopic (exact) mass is 302 g/mol. The van der Waals surface area contributed by atoms with Crippen LogP contribution in [0.5, 0.6) is 5.75 Å². The lowest BCUT2D eigenvalue weighted by atomic mass is 10.1. The second-order valence-electron chi connectivity index (χ2n) is 5.47. The quantitative estimate of drug-likeness (QED) is 0.871. The van der Waals surface area contributed by atoms with Crippen molar-refractivity contribution in [3.8, 4) is 5.75 Å². The largest absolute Gasteiger partial charge is 0.493 e. The smallest absolute Gasteiger partial charge is 0.254 e. The average Bonchev–Trinajstić information content (AvgIpc) is 3.03. The zero-order valence-electron chi connectivity index (χ0n) is 13.2. The minimum Gasteiger partial charge on any atom is -0.493 e. The van der Waals surface area contributed by atoms with Gasteiger partial charge in [0.2, 0.25) is 0 Å². The van der Waals surface area contributed by atoms with Crippen molar-refractivity contribution in [1.29, 1.82) is 0 Å². The molecule has 5 heteroatoms. The summed E-state index contributed by atoms with van der Waals surface area (Å²) in [5.41, 5.74) is 1.33. The van der Waals surface area contributed by atoms with Crippen LogP contribution in [-0.2, 0) is 0 Å². The topological polar surface area (TPSA) is 45.9 Å². The molecule has 0 unspecified atom stereocenters. The number of rotatable bonds is 4. The molecule has 0 radical (unpaired) electrons. The zero-order valence-corrected chi connectivity index (χ0v) is 13.2. The van der Waals surface area contributed by atoms with Crippen LogP contribution in [0.2, 0.25) is 0 Å². The van der Waals surface area contributed by atoms with E-state index in [-0.39, 0.29) is 5.91 Å². The Morgan fingerprint density at radius 1 is 1.23 bits per heavy atom. The van der Waals surface area contributed by atoms with Gasteiger partial charge in [-0.25, -0.2) is 0 Å². The van der Waals surface area contributed by atoms with Crippen LogP contribution in [0, 0.1) is 0 Å². The standard InChI is InChI=1S/C17H22N2O3/c1-3-18-6-8-19(9-7-18)17(20)13-11-15(21-4-2)14-5-10-22-16(14)12-13/h5,10-12H,3-4,6-9H2,1-2H3. The summed E-state index contributed by atoms with van der Waals surface area (Å²) in [6.07, 6.45) is 1.63. The fourth-order valence-corrected chi connectivity index (χ4v) is 2.89. The van der Waals surface area contributed by atoms with E-state index >= 15 is 0 Å². The molecule has 1 saturated heterocycles. The van der Waals surface area contributed by atoms with Crippen molar-refractivity contribution in [2.75, 3.05) is 39.3 Å². The number of likely N-dealkylation sites (N-methyl/N-ethyl adjacent to an activating group) is 1. The first kappa shape index (κ1) is 14.9. The van der Waals surface area contributed by atoms with Gasteiger partial charge in [-0.2, -0.15) is 0 Å². The molecule has 0 spiro atoms. The van der Waals surface area contributed by atoms with E-state index in [4.69, 9.17) is 9.15 Å². The van der Waals surface area contributed by atoms with E-state index in [0.29, 0.717) is 23.5 Å². The minimum atomic E-state index is 0.0509. The van der Waals surface area contributed by atoms with E-state index in [1.54, 1.807) is 6.26 Å². The van der Waals surface area contributed by atoms with E-state index in [1.165, 1.54) is 0 Å². The Bertz CT molecular complexity index is 657. The molecular formula is C17H22N2O3. The maximum absolute atomic E-state index is 12.7. The number of piperazine rings is 1. The van der Waals surface area contributed by atoms with Gasteiger partial charge in [-0.1, -0.05) is 6.92 Å². The number of hydrogen-bond acceptors (Lipinski definition) is 4. The third-order valence-corrected chi connectivity index (χ3v) is 4.19. The van der Waals surface area contributed by atoms with Gasteiger partial charge in [-0.15, -0.1) is 0 Å². The first-order valence-corrected chi connectivity index (χ1v) is 7.88. The third-order valence-electron chi connectivity index (χ3n) is 4.19. The Kier molecular flexibility index (Phi) is 4.34. The van der Waals surface area contributed by atoms with Crippen molar-refractivity contribution in [2.24, 2.45) is 0 Å². The number of benzene rings is 1. The molecule has 0 bridgehead atoms. The van der Waals surface area contributed by atoms with Gasteiger partial charge in [0.15, 0.2) is 0 Å². The maximum atomic E-state index is 12.7. The zero-order chi connectivity index (χ0) is 15.5. The molecular weight excluding hydrogens is 280 g/mol. The van der Waals surface area contributed by atoms with Crippen molar-refractivity contribution < 1.29 is 13.9 Å². The summed E-state index contributed by atoms with van der Waals surface area (Å²) < 4.78 is 11.1. The van der Waals surface area contributed by atoms with Gasteiger partial charge in [-0.3, -0.25) is 4.79 Å². The van der Waals surface area contributed by atoms with Crippen LogP contribution >= 0.6 is 0 Å². The second kappa shape index (κ2) is 6.40. The predicted octanol–water partition coefficient (Wildman–Crippen LogP) is 2.61. The Morgan fingerprint density at radius 2 is 2.00 bits per heavy atom. The van der Waals surface area contributed by atoms with E-state index in [2.05, 4.69) is 11.8 Å². The molecule has 1 aliphatic heterocycles. The van der Waals surface area contributed by atoms with Crippen molar-refractivity contribution >= 4 is 16.9 Å². The van der Waals surface area contributed by atoms with E-state index in [1.807, 2.05) is 30.0 Å². The van der Waals surface area contributed by atoms with Gasteiger partial charge in [0, 0.05) is 31.7 Å². The van der Waals surface area contributed by atoms with Gasteiger partial charge in [-0.05, 0) is 31.7 Å². The lowest BCUT2D eigenvalue weighted by Gasteiger charge is -2.34. The van der Waals surface area contributed by atoms with E-state index in [0.717, 1.165) is 38.1 Å². The van der Waals surface area contributed by atoms with Crippen molar-refractivity contribution in [1.82, 2.24) is 9.80 Å². The first-order chi connectivity index (χ1) is 10.7. The third kappa shape index (κ3) is 2.81. The number of carbonyl (C=O) groups is 1. The summed E-state index contributed by atoms with van der Waals surface area (Å²) in [6.45, 7) is 9.09. The minimum absolute atomic E-state index is 0.0509. The summed E-state index contributed by atoms with van der Waals surface area (Å²) in [4.78, 5) is 17.0. The molecule has 1 aliphatic rings. The first-order valence-electron chi connectivity index (χ1n) is 7.88. The molecule has 118 valence electrons. The number of nitrogens with zero attached hydrogens (tertiary/aromatic N) is 2. The van der Waals surface area contributed by atoms with Crippen molar-refractivity contribution in [2.45, 2.75) is 13.8 Å². The fourth-order valence-electron chi connectivity index (χ4n) is 2.89. The molecule has 0 saturated carbocycles. The molecule has 1 fully saturated rings. The molecule has 1 aromatic carbocycles. The van der Waals surface area contributed by atoms with Gasteiger partial charge in [0.1, 0.15) is 11.3 Å².